The third-order valence-electron chi connectivity index (χ3n) is 3.84. The lowest BCUT2D eigenvalue weighted by Gasteiger charge is -2.49. The van der Waals surface area contributed by atoms with Gasteiger partial charge in [0.25, 0.3) is 5.91 Å². The zero-order valence-corrected chi connectivity index (χ0v) is 14.3. The number of halogens is 1. The van der Waals surface area contributed by atoms with E-state index < -0.39 is 17.9 Å². The number of benzene rings is 1. The highest BCUT2D eigenvalue weighted by atomic mass is 35.5. The second-order valence-corrected chi connectivity index (χ2v) is 7.58. The van der Waals surface area contributed by atoms with Gasteiger partial charge in [0.2, 0.25) is 5.91 Å². The van der Waals surface area contributed by atoms with Crippen molar-refractivity contribution in [1.29, 1.82) is 0 Å². The Morgan fingerprint density at radius 3 is 2.83 bits per heavy atom. The molecule has 1 fully saturated rings. The quantitative estimate of drug-likeness (QED) is 0.791. The van der Waals surface area contributed by atoms with Crippen LogP contribution in [0.4, 0.5) is 0 Å². The number of carbonyl (C=O) groups excluding carboxylic acids is 2. The first-order valence-corrected chi connectivity index (χ1v) is 8.66. The minimum atomic E-state index is -1.13. The standard InChI is InChI=1S/C16H15ClN2O4S/c1-8-5-11(16(22)23)19-14(21)13(15(19)24-8)18-12(20)7-9-3-2-4-10(17)6-9/h2-6,8,13,15H,7H2,1H3,(H,18,20)(H,22,23)/t8?,13?,15-/m1/s1. The highest BCUT2D eigenvalue weighted by molar-refractivity contribution is 8.00. The summed E-state index contributed by atoms with van der Waals surface area (Å²) >= 11 is 7.34. The number of aliphatic carboxylic acids is 1. The number of nitrogens with zero attached hydrogens (tertiary/aromatic N) is 1. The molecule has 24 heavy (non-hydrogen) atoms. The molecule has 0 aliphatic carbocycles. The summed E-state index contributed by atoms with van der Waals surface area (Å²) in [6.07, 6.45) is 1.66. The molecule has 6 nitrogen and oxygen atoms in total. The van der Waals surface area contributed by atoms with E-state index in [9.17, 15) is 19.5 Å². The van der Waals surface area contributed by atoms with Crippen molar-refractivity contribution in [3.05, 3.63) is 46.6 Å². The van der Waals surface area contributed by atoms with Crippen molar-refractivity contribution in [2.24, 2.45) is 0 Å². The van der Waals surface area contributed by atoms with Gasteiger partial charge in [0, 0.05) is 10.3 Å². The SMILES string of the molecule is CC1C=C(C(=O)O)N2C(=O)C(NC(=O)Cc3cccc(Cl)c3)[C@H]2S1. The molecule has 3 atom stereocenters. The van der Waals surface area contributed by atoms with Crippen LogP contribution in [-0.2, 0) is 20.8 Å². The van der Waals surface area contributed by atoms with Crippen LogP contribution >= 0.6 is 23.4 Å². The zero-order chi connectivity index (χ0) is 17.4. The van der Waals surface area contributed by atoms with Gasteiger partial charge in [-0.25, -0.2) is 4.79 Å². The van der Waals surface area contributed by atoms with Crippen LogP contribution in [-0.4, -0.2) is 44.5 Å². The highest BCUT2D eigenvalue weighted by Crippen LogP contribution is 2.40. The number of carbonyl (C=O) groups is 3. The second-order valence-electron chi connectivity index (χ2n) is 5.65. The van der Waals surface area contributed by atoms with Gasteiger partial charge in [-0.15, -0.1) is 11.8 Å². The molecular weight excluding hydrogens is 352 g/mol. The van der Waals surface area contributed by atoms with E-state index in [1.807, 2.05) is 6.92 Å². The van der Waals surface area contributed by atoms with E-state index in [-0.39, 0.29) is 28.6 Å². The number of nitrogens with one attached hydrogen (secondary N) is 1. The zero-order valence-electron chi connectivity index (χ0n) is 12.7. The van der Waals surface area contributed by atoms with E-state index in [2.05, 4.69) is 5.32 Å². The molecule has 2 amide bonds. The average Bonchev–Trinajstić information content (AvgIpc) is 2.51. The number of carboxylic acid groups (broad SMARTS) is 1. The summed E-state index contributed by atoms with van der Waals surface area (Å²) in [6.45, 7) is 1.86. The summed E-state index contributed by atoms with van der Waals surface area (Å²) in [6, 6.07) is 6.24. The van der Waals surface area contributed by atoms with Crippen molar-refractivity contribution in [3.8, 4) is 0 Å². The summed E-state index contributed by atoms with van der Waals surface area (Å²) in [5.74, 6) is -1.83. The van der Waals surface area contributed by atoms with Crippen LogP contribution in [0.1, 0.15) is 12.5 Å². The average molecular weight is 367 g/mol. The molecule has 0 bridgehead atoms. The van der Waals surface area contributed by atoms with Gasteiger partial charge >= 0.3 is 5.97 Å². The predicted molar refractivity (Wildman–Crippen MR) is 90.5 cm³/mol. The molecule has 0 aromatic heterocycles. The molecule has 0 radical (unpaired) electrons. The third kappa shape index (κ3) is 3.14. The Labute approximate surface area is 147 Å². The fraction of sp³-hybridized carbons (Fsp3) is 0.312. The maximum absolute atomic E-state index is 12.2. The largest absolute Gasteiger partial charge is 0.477 e. The minimum absolute atomic E-state index is 0.0170. The summed E-state index contributed by atoms with van der Waals surface area (Å²) < 4.78 is 0. The second kappa shape index (κ2) is 6.49. The lowest BCUT2D eigenvalue weighted by Crippen LogP contribution is -2.70. The van der Waals surface area contributed by atoms with Crippen molar-refractivity contribution >= 4 is 41.1 Å². The lowest BCUT2D eigenvalue weighted by atomic mass is 10.0. The molecule has 2 aliphatic rings. The number of rotatable bonds is 4. The van der Waals surface area contributed by atoms with E-state index in [1.165, 1.54) is 16.7 Å². The van der Waals surface area contributed by atoms with Crippen molar-refractivity contribution in [1.82, 2.24) is 10.2 Å². The number of hydrogen-bond acceptors (Lipinski definition) is 4. The lowest BCUT2D eigenvalue weighted by molar-refractivity contribution is -0.150. The molecule has 2 unspecified atom stereocenters. The topological polar surface area (TPSA) is 86.7 Å². The summed E-state index contributed by atoms with van der Waals surface area (Å²) in [4.78, 5) is 36.9. The Kier molecular flexibility index (Phi) is 4.56. The predicted octanol–water partition coefficient (Wildman–Crippen LogP) is 1.64. The Balaban J connectivity index is 1.67. The Hall–Kier alpha value is -1.99. The van der Waals surface area contributed by atoms with Crippen molar-refractivity contribution < 1.29 is 19.5 Å². The van der Waals surface area contributed by atoms with Gasteiger partial charge in [0.15, 0.2) is 0 Å². The molecule has 1 aromatic rings. The number of fused-ring (bicyclic) bond motifs is 1. The van der Waals surface area contributed by atoms with Gasteiger partial charge in [0.1, 0.15) is 17.1 Å². The van der Waals surface area contributed by atoms with Crippen LogP contribution in [0.2, 0.25) is 5.02 Å². The van der Waals surface area contributed by atoms with Crippen molar-refractivity contribution in [2.75, 3.05) is 0 Å². The fourth-order valence-electron chi connectivity index (χ4n) is 2.79. The van der Waals surface area contributed by atoms with Crippen LogP contribution in [0.3, 0.4) is 0 Å². The fourth-order valence-corrected chi connectivity index (χ4v) is 4.33. The Morgan fingerprint density at radius 2 is 2.17 bits per heavy atom. The highest BCUT2D eigenvalue weighted by Gasteiger charge is 2.53. The number of amides is 2. The molecule has 0 saturated carbocycles. The minimum Gasteiger partial charge on any atom is -0.477 e. The summed E-state index contributed by atoms with van der Waals surface area (Å²) in [7, 11) is 0. The molecule has 0 spiro atoms. The molecule has 3 rings (SSSR count). The smallest absolute Gasteiger partial charge is 0.352 e. The van der Waals surface area contributed by atoms with Crippen molar-refractivity contribution in [2.45, 2.75) is 30.0 Å². The monoisotopic (exact) mass is 366 g/mol. The number of carboxylic acids is 1. The Bertz CT molecular complexity index is 751. The van der Waals surface area contributed by atoms with Crippen molar-refractivity contribution in [3.63, 3.8) is 0 Å². The van der Waals surface area contributed by atoms with E-state index in [0.717, 1.165) is 5.56 Å². The van der Waals surface area contributed by atoms with Crippen LogP contribution < -0.4 is 5.32 Å². The maximum Gasteiger partial charge on any atom is 0.352 e. The van der Waals surface area contributed by atoms with Gasteiger partial charge in [-0.1, -0.05) is 23.7 Å². The van der Waals surface area contributed by atoms with E-state index in [0.29, 0.717) is 5.02 Å². The molecule has 126 valence electrons. The molecule has 8 heteroatoms. The first-order chi connectivity index (χ1) is 11.4. The molecule has 2 N–H and O–H groups in total. The van der Waals surface area contributed by atoms with E-state index in [4.69, 9.17) is 11.6 Å². The molecule has 2 aliphatic heterocycles. The van der Waals surface area contributed by atoms with Gasteiger partial charge in [-0.2, -0.15) is 0 Å². The van der Waals surface area contributed by atoms with Crippen LogP contribution in [0.15, 0.2) is 36.0 Å². The van der Waals surface area contributed by atoms with E-state index in [1.54, 1.807) is 30.3 Å². The van der Waals surface area contributed by atoms with Gasteiger partial charge < -0.3 is 10.4 Å². The van der Waals surface area contributed by atoms with Gasteiger partial charge in [-0.3, -0.25) is 14.5 Å². The molecular formula is C16H15ClN2O4S. The molecule has 1 saturated heterocycles. The first kappa shape index (κ1) is 16.9. The molecule has 2 heterocycles. The number of hydrogen-bond donors (Lipinski definition) is 2. The number of β-lactam (4-membered cyclic amide) rings is 1. The summed E-state index contributed by atoms with van der Waals surface area (Å²) in [5.41, 5.74) is 0.732. The van der Waals surface area contributed by atoms with Crippen LogP contribution in [0.25, 0.3) is 0 Å². The van der Waals surface area contributed by atoms with Crippen LogP contribution in [0.5, 0.6) is 0 Å². The third-order valence-corrected chi connectivity index (χ3v) is 5.40. The maximum atomic E-state index is 12.2. The summed E-state index contributed by atoms with van der Waals surface area (Å²) in [5, 5.41) is 12.0. The normalized spacial score (nSPS) is 25.4. The van der Waals surface area contributed by atoms with E-state index >= 15 is 0 Å². The van der Waals surface area contributed by atoms with Crippen LogP contribution in [0, 0.1) is 0 Å². The van der Waals surface area contributed by atoms with Gasteiger partial charge in [-0.05, 0) is 30.7 Å². The number of thioether (sulfide) groups is 1. The first-order valence-electron chi connectivity index (χ1n) is 7.34. The van der Waals surface area contributed by atoms with Gasteiger partial charge in [0.05, 0.1) is 6.42 Å². The Morgan fingerprint density at radius 1 is 1.42 bits per heavy atom. The molecule has 1 aromatic carbocycles.